The van der Waals surface area contributed by atoms with E-state index in [0.29, 0.717) is 12.1 Å². The highest BCUT2D eigenvalue weighted by atomic mass is 19.1. The molecule has 0 aliphatic heterocycles. The number of aromatic nitrogens is 2. The van der Waals surface area contributed by atoms with Gasteiger partial charge >= 0.3 is 0 Å². The van der Waals surface area contributed by atoms with Gasteiger partial charge in [0.1, 0.15) is 5.82 Å². The lowest BCUT2D eigenvalue weighted by atomic mass is 10.1. The first-order valence-corrected chi connectivity index (χ1v) is 7.25. The molecular formula is C16H22FN5. The number of aryl methyl sites for hydroxylation is 2. The van der Waals surface area contributed by atoms with Gasteiger partial charge in [-0.05, 0) is 36.1 Å². The van der Waals surface area contributed by atoms with E-state index in [1.807, 2.05) is 25.5 Å². The highest BCUT2D eigenvalue weighted by Crippen LogP contribution is 2.08. The smallest absolute Gasteiger partial charge is 0.191 e. The summed E-state index contributed by atoms with van der Waals surface area (Å²) in [6.07, 6.45) is 4.74. The monoisotopic (exact) mass is 303 g/mol. The summed E-state index contributed by atoms with van der Waals surface area (Å²) in [5.74, 6) is 0.550. The number of rotatable bonds is 5. The van der Waals surface area contributed by atoms with Gasteiger partial charge < -0.3 is 10.6 Å². The Morgan fingerprint density at radius 1 is 1.32 bits per heavy atom. The molecule has 0 aliphatic carbocycles. The molecule has 0 aliphatic rings. The molecule has 0 bridgehead atoms. The molecule has 0 atom stereocenters. The maximum absolute atomic E-state index is 13.2. The van der Waals surface area contributed by atoms with Crippen LogP contribution in [0.5, 0.6) is 0 Å². The van der Waals surface area contributed by atoms with Crippen LogP contribution in [0.25, 0.3) is 0 Å². The summed E-state index contributed by atoms with van der Waals surface area (Å²) in [7, 11) is 3.64. The fourth-order valence-electron chi connectivity index (χ4n) is 2.15. The summed E-state index contributed by atoms with van der Waals surface area (Å²) in [6, 6.07) is 5.11. The van der Waals surface area contributed by atoms with Gasteiger partial charge in [-0.25, -0.2) is 4.39 Å². The zero-order valence-electron chi connectivity index (χ0n) is 13.2. The molecular weight excluding hydrogens is 281 g/mol. The van der Waals surface area contributed by atoms with Gasteiger partial charge in [-0.1, -0.05) is 12.1 Å². The number of nitrogens with zero attached hydrogens (tertiary/aromatic N) is 3. The Labute approximate surface area is 130 Å². The average molecular weight is 303 g/mol. The van der Waals surface area contributed by atoms with Gasteiger partial charge in [-0.2, -0.15) is 5.10 Å². The molecule has 118 valence electrons. The van der Waals surface area contributed by atoms with Crippen LogP contribution in [0.15, 0.2) is 35.6 Å². The summed E-state index contributed by atoms with van der Waals surface area (Å²) < 4.78 is 15.0. The normalized spacial score (nSPS) is 11.5. The third-order valence-electron chi connectivity index (χ3n) is 3.37. The second-order valence-electron chi connectivity index (χ2n) is 5.21. The number of benzene rings is 1. The molecule has 1 aromatic carbocycles. The largest absolute Gasteiger partial charge is 0.356 e. The van der Waals surface area contributed by atoms with E-state index >= 15 is 0 Å². The summed E-state index contributed by atoms with van der Waals surface area (Å²) in [5.41, 5.74) is 2.85. The Kier molecular flexibility index (Phi) is 5.52. The van der Waals surface area contributed by atoms with Gasteiger partial charge in [-0.15, -0.1) is 0 Å². The lowest BCUT2D eigenvalue weighted by Crippen LogP contribution is -2.37. The molecule has 0 saturated carbocycles. The highest BCUT2D eigenvalue weighted by molar-refractivity contribution is 5.79. The molecule has 0 radical (unpaired) electrons. The topological polar surface area (TPSA) is 54.2 Å². The number of hydrogen-bond donors (Lipinski definition) is 2. The Morgan fingerprint density at radius 2 is 2.14 bits per heavy atom. The van der Waals surface area contributed by atoms with Crippen molar-refractivity contribution in [3.63, 3.8) is 0 Å². The van der Waals surface area contributed by atoms with Crippen molar-refractivity contribution >= 4 is 5.96 Å². The van der Waals surface area contributed by atoms with E-state index in [0.717, 1.165) is 24.5 Å². The van der Waals surface area contributed by atoms with Crippen LogP contribution in [-0.2, 0) is 20.0 Å². The molecule has 0 spiro atoms. The van der Waals surface area contributed by atoms with Gasteiger partial charge in [0.05, 0.1) is 6.20 Å². The predicted octanol–water partition coefficient (Wildman–Crippen LogP) is 1.78. The molecule has 2 aromatic rings. The molecule has 0 saturated heterocycles. The Bertz CT molecular complexity index is 648. The molecule has 1 heterocycles. The zero-order valence-corrected chi connectivity index (χ0v) is 13.2. The van der Waals surface area contributed by atoms with E-state index in [-0.39, 0.29) is 5.82 Å². The van der Waals surface area contributed by atoms with Crippen molar-refractivity contribution < 1.29 is 4.39 Å². The van der Waals surface area contributed by atoms with Crippen LogP contribution < -0.4 is 10.6 Å². The molecule has 22 heavy (non-hydrogen) atoms. The van der Waals surface area contributed by atoms with E-state index in [1.165, 1.54) is 11.6 Å². The molecule has 1 aromatic heterocycles. The van der Waals surface area contributed by atoms with Crippen LogP contribution in [0.4, 0.5) is 4.39 Å². The van der Waals surface area contributed by atoms with Crippen LogP contribution in [0.2, 0.25) is 0 Å². The second kappa shape index (κ2) is 7.59. The standard InChI is InChI=1S/C16H22FN5/c1-12-8-13(4-5-15(12)17)9-20-16(18-2)19-7-6-14-10-21-22(3)11-14/h4-5,8,10-11H,6-7,9H2,1-3H3,(H2,18,19,20). The number of hydrogen-bond acceptors (Lipinski definition) is 2. The minimum Gasteiger partial charge on any atom is -0.356 e. The van der Waals surface area contributed by atoms with E-state index in [2.05, 4.69) is 20.7 Å². The quantitative estimate of drug-likeness (QED) is 0.654. The fraction of sp³-hybridized carbons (Fsp3) is 0.375. The van der Waals surface area contributed by atoms with Crippen molar-refractivity contribution in [2.45, 2.75) is 19.9 Å². The SMILES string of the molecule is CN=C(NCCc1cnn(C)c1)NCc1ccc(F)c(C)c1. The molecule has 2 N–H and O–H groups in total. The maximum Gasteiger partial charge on any atom is 0.191 e. The van der Waals surface area contributed by atoms with Gasteiger partial charge in [0.15, 0.2) is 5.96 Å². The summed E-state index contributed by atoms with van der Waals surface area (Å²) in [6.45, 7) is 3.14. The predicted molar refractivity (Wildman–Crippen MR) is 86.3 cm³/mol. The van der Waals surface area contributed by atoms with E-state index in [9.17, 15) is 4.39 Å². The Balaban J connectivity index is 1.78. The first kappa shape index (κ1) is 16.0. The van der Waals surface area contributed by atoms with Crippen LogP contribution in [0.3, 0.4) is 0 Å². The molecule has 0 fully saturated rings. The van der Waals surface area contributed by atoms with Crippen LogP contribution in [0.1, 0.15) is 16.7 Å². The number of halogens is 1. The Morgan fingerprint density at radius 3 is 2.77 bits per heavy atom. The van der Waals surface area contributed by atoms with Crippen LogP contribution in [0, 0.1) is 12.7 Å². The van der Waals surface area contributed by atoms with Crippen molar-refractivity contribution in [1.82, 2.24) is 20.4 Å². The lowest BCUT2D eigenvalue weighted by molar-refractivity contribution is 0.617. The number of nitrogens with one attached hydrogen (secondary N) is 2. The van der Waals surface area contributed by atoms with Crippen molar-refractivity contribution in [2.24, 2.45) is 12.0 Å². The number of aliphatic imine (C=N–C) groups is 1. The average Bonchev–Trinajstić information content (AvgIpc) is 2.91. The molecule has 5 nitrogen and oxygen atoms in total. The van der Waals surface area contributed by atoms with Crippen molar-refractivity contribution in [3.8, 4) is 0 Å². The minimum absolute atomic E-state index is 0.178. The van der Waals surface area contributed by atoms with E-state index < -0.39 is 0 Å². The maximum atomic E-state index is 13.2. The third-order valence-corrected chi connectivity index (χ3v) is 3.37. The van der Waals surface area contributed by atoms with Crippen molar-refractivity contribution in [3.05, 3.63) is 53.1 Å². The summed E-state index contributed by atoms with van der Waals surface area (Å²) in [5, 5.41) is 10.6. The number of guanidine groups is 1. The van der Waals surface area contributed by atoms with Crippen LogP contribution >= 0.6 is 0 Å². The van der Waals surface area contributed by atoms with Gasteiger partial charge in [0.2, 0.25) is 0 Å². The summed E-state index contributed by atoms with van der Waals surface area (Å²) in [4.78, 5) is 4.18. The summed E-state index contributed by atoms with van der Waals surface area (Å²) >= 11 is 0. The highest BCUT2D eigenvalue weighted by Gasteiger charge is 2.02. The van der Waals surface area contributed by atoms with Crippen LogP contribution in [-0.4, -0.2) is 29.3 Å². The lowest BCUT2D eigenvalue weighted by Gasteiger charge is -2.12. The fourth-order valence-corrected chi connectivity index (χ4v) is 2.15. The first-order chi connectivity index (χ1) is 10.6. The zero-order chi connectivity index (χ0) is 15.9. The van der Waals surface area contributed by atoms with E-state index in [4.69, 9.17) is 0 Å². The first-order valence-electron chi connectivity index (χ1n) is 7.25. The van der Waals surface area contributed by atoms with Gasteiger partial charge in [0, 0.05) is 33.4 Å². The van der Waals surface area contributed by atoms with Gasteiger partial charge in [0.25, 0.3) is 0 Å². The van der Waals surface area contributed by atoms with Gasteiger partial charge in [-0.3, -0.25) is 9.67 Å². The minimum atomic E-state index is -0.178. The Hall–Kier alpha value is -2.37. The third kappa shape index (κ3) is 4.58. The molecule has 6 heteroatoms. The van der Waals surface area contributed by atoms with Crippen molar-refractivity contribution in [1.29, 1.82) is 0 Å². The second-order valence-corrected chi connectivity index (χ2v) is 5.21. The molecule has 2 rings (SSSR count). The van der Waals surface area contributed by atoms with E-state index in [1.54, 1.807) is 24.7 Å². The molecule has 0 unspecified atom stereocenters. The molecule has 0 amide bonds. The van der Waals surface area contributed by atoms with Crippen molar-refractivity contribution in [2.75, 3.05) is 13.6 Å².